The Balaban J connectivity index is 2.91. The maximum Gasteiger partial charge on any atom is 0.320 e. The minimum absolute atomic E-state index is 0.00944. The van der Waals surface area contributed by atoms with Gasteiger partial charge in [-0.25, -0.2) is 8.42 Å². The zero-order valence-electron chi connectivity index (χ0n) is 10.1. The molecule has 0 aliphatic rings. The van der Waals surface area contributed by atoms with Gasteiger partial charge < -0.3 is 9.84 Å². The van der Waals surface area contributed by atoms with Gasteiger partial charge in [0.15, 0.2) is 0 Å². The first-order valence-corrected chi connectivity index (χ1v) is 6.69. The van der Waals surface area contributed by atoms with Gasteiger partial charge in [-0.1, -0.05) is 12.1 Å². The third-order valence-corrected chi connectivity index (χ3v) is 3.68. The standard InChI is InChI=1S/C11H15NO5S/c1-8(13)9-4-3-5-10(6-9)18(15,16)12-7-11(14)17-2/h3-6,8,12-13H,7H2,1-2H3. The molecule has 0 bridgehead atoms. The Morgan fingerprint density at radius 1 is 1.50 bits per heavy atom. The summed E-state index contributed by atoms with van der Waals surface area (Å²) in [6.45, 7) is 1.10. The molecule has 2 N–H and O–H groups in total. The van der Waals surface area contributed by atoms with Crippen LogP contribution in [-0.2, 0) is 19.6 Å². The molecule has 1 unspecified atom stereocenters. The second kappa shape index (κ2) is 5.94. The first-order valence-electron chi connectivity index (χ1n) is 5.21. The highest BCUT2D eigenvalue weighted by molar-refractivity contribution is 7.89. The average molecular weight is 273 g/mol. The molecule has 0 spiro atoms. The second-order valence-corrected chi connectivity index (χ2v) is 5.42. The maximum atomic E-state index is 11.8. The van der Waals surface area contributed by atoms with Crippen LogP contribution in [0.4, 0.5) is 0 Å². The largest absolute Gasteiger partial charge is 0.468 e. The highest BCUT2D eigenvalue weighted by Gasteiger charge is 2.16. The van der Waals surface area contributed by atoms with Crippen LogP contribution in [0.1, 0.15) is 18.6 Å². The molecule has 0 fully saturated rings. The summed E-state index contributed by atoms with van der Waals surface area (Å²) in [4.78, 5) is 10.9. The Hall–Kier alpha value is -1.44. The first kappa shape index (κ1) is 14.6. The Labute approximate surface area is 106 Å². The number of carbonyl (C=O) groups excluding carboxylic acids is 1. The molecule has 0 aromatic heterocycles. The fourth-order valence-electron chi connectivity index (χ4n) is 1.25. The van der Waals surface area contributed by atoms with Crippen molar-refractivity contribution in [3.8, 4) is 0 Å². The van der Waals surface area contributed by atoms with Crippen molar-refractivity contribution in [1.82, 2.24) is 4.72 Å². The molecule has 0 heterocycles. The predicted octanol–water partition coefficient (Wildman–Crippen LogP) is 0.191. The number of aliphatic hydroxyl groups is 1. The summed E-state index contributed by atoms with van der Waals surface area (Å²) in [5.74, 6) is -0.676. The number of sulfonamides is 1. The van der Waals surface area contributed by atoms with E-state index in [1.807, 2.05) is 0 Å². The summed E-state index contributed by atoms with van der Waals surface area (Å²) in [5.41, 5.74) is 0.482. The van der Waals surface area contributed by atoms with E-state index in [0.29, 0.717) is 5.56 Å². The van der Waals surface area contributed by atoms with Gasteiger partial charge in [0, 0.05) is 0 Å². The number of hydrogen-bond donors (Lipinski definition) is 2. The van der Waals surface area contributed by atoms with Crippen molar-refractivity contribution in [2.45, 2.75) is 17.9 Å². The molecule has 0 radical (unpaired) electrons. The number of nitrogens with one attached hydrogen (secondary N) is 1. The lowest BCUT2D eigenvalue weighted by atomic mass is 10.1. The lowest BCUT2D eigenvalue weighted by Crippen LogP contribution is -2.30. The van der Waals surface area contributed by atoms with Crippen molar-refractivity contribution in [1.29, 1.82) is 0 Å². The van der Waals surface area contributed by atoms with E-state index in [9.17, 15) is 18.3 Å². The van der Waals surface area contributed by atoms with Crippen LogP contribution in [0.5, 0.6) is 0 Å². The molecule has 1 atom stereocenters. The number of aliphatic hydroxyl groups excluding tert-OH is 1. The van der Waals surface area contributed by atoms with E-state index in [4.69, 9.17) is 0 Å². The molecule has 6 nitrogen and oxygen atoms in total. The Morgan fingerprint density at radius 3 is 2.72 bits per heavy atom. The molecule has 18 heavy (non-hydrogen) atoms. The third-order valence-electron chi connectivity index (χ3n) is 2.28. The summed E-state index contributed by atoms with van der Waals surface area (Å²) in [7, 11) is -2.61. The second-order valence-electron chi connectivity index (χ2n) is 3.65. The number of benzene rings is 1. The third kappa shape index (κ3) is 3.80. The molecule has 0 amide bonds. The van der Waals surface area contributed by atoms with Crippen molar-refractivity contribution < 1.29 is 23.1 Å². The highest BCUT2D eigenvalue weighted by Crippen LogP contribution is 2.16. The molecule has 0 saturated heterocycles. The molecular weight excluding hydrogens is 258 g/mol. The normalized spacial score (nSPS) is 13.1. The monoisotopic (exact) mass is 273 g/mol. The van der Waals surface area contributed by atoms with E-state index < -0.39 is 28.6 Å². The fourth-order valence-corrected chi connectivity index (χ4v) is 2.27. The summed E-state index contributed by atoms with van der Waals surface area (Å²) in [6.07, 6.45) is -0.763. The average Bonchev–Trinajstić information content (AvgIpc) is 2.36. The van der Waals surface area contributed by atoms with E-state index in [1.54, 1.807) is 6.07 Å². The maximum absolute atomic E-state index is 11.8. The van der Waals surface area contributed by atoms with Crippen molar-refractivity contribution in [2.24, 2.45) is 0 Å². The number of ether oxygens (including phenoxy) is 1. The van der Waals surface area contributed by atoms with Crippen LogP contribution in [-0.4, -0.2) is 33.1 Å². The SMILES string of the molecule is COC(=O)CNS(=O)(=O)c1cccc(C(C)O)c1. The smallest absolute Gasteiger partial charge is 0.320 e. The van der Waals surface area contributed by atoms with E-state index in [0.717, 1.165) is 0 Å². The van der Waals surface area contributed by atoms with Gasteiger partial charge in [0.1, 0.15) is 6.54 Å². The van der Waals surface area contributed by atoms with Crippen molar-refractivity contribution >= 4 is 16.0 Å². The lowest BCUT2D eigenvalue weighted by Gasteiger charge is -2.09. The van der Waals surface area contributed by atoms with E-state index in [2.05, 4.69) is 9.46 Å². The number of hydrogen-bond acceptors (Lipinski definition) is 5. The fraction of sp³-hybridized carbons (Fsp3) is 0.364. The number of carbonyl (C=O) groups is 1. The summed E-state index contributed by atoms with van der Waals surface area (Å²) in [6, 6.07) is 5.87. The molecule has 1 aromatic carbocycles. The van der Waals surface area contributed by atoms with E-state index in [1.165, 1.54) is 32.2 Å². The van der Waals surface area contributed by atoms with Crippen LogP contribution in [0, 0.1) is 0 Å². The van der Waals surface area contributed by atoms with Gasteiger partial charge in [0.25, 0.3) is 0 Å². The number of esters is 1. The van der Waals surface area contributed by atoms with Gasteiger partial charge in [-0.05, 0) is 24.6 Å². The highest BCUT2D eigenvalue weighted by atomic mass is 32.2. The van der Waals surface area contributed by atoms with Gasteiger partial charge in [-0.15, -0.1) is 0 Å². The molecule has 1 aromatic rings. The predicted molar refractivity (Wildman–Crippen MR) is 64.3 cm³/mol. The molecule has 0 saturated carbocycles. The number of rotatable bonds is 5. The van der Waals surface area contributed by atoms with E-state index in [-0.39, 0.29) is 4.90 Å². The zero-order valence-corrected chi connectivity index (χ0v) is 10.9. The van der Waals surface area contributed by atoms with Gasteiger partial charge >= 0.3 is 5.97 Å². The first-order chi connectivity index (χ1) is 8.36. The summed E-state index contributed by atoms with van der Waals surface area (Å²) >= 11 is 0. The minimum Gasteiger partial charge on any atom is -0.468 e. The minimum atomic E-state index is -3.78. The van der Waals surface area contributed by atoms with Crippen LogP contribution in [0.2, 0.25) is 0 Å². The van der Waals surface area contributed by atoms with Crippen LogP contribution in [0.25, 0.3) is 0 Å². The zero-order chi connectivity index (χ0) is 13.8. The van der Waals surface area contributed by atoms with Crippen LogP contribution < -0.4 is 4.72 Å². The molecule has 100 valence electrons. The Bertz CT molecular complexity index is 524. The van der Waals surface area contributed by atoms with E-state index >= 15 is 0 Å². The molecular formula is C11H15NO5S. The molecule has 7 heteroatoms. The quantitative estimate of drug-likeness (QED) is 0.747. The van der Waals surface area contributed by atoms with Gasteiger partial charge in [-0.3, -0.25) is 4.79 Å². The van der Waals surface area contributed by atoms with Crippen molar-refractivity contribution in [2.75, 3.05) is 13.7 Å². The molecule has 1 rings (SSSR count). The topological polar surface area (TPSA) is 92.7 Å². The van der Waals surface area contributed by atoms with Gasteiger partial charge in [0.2, 0.25) is 10.0 Å². The Morgan fingerprint density at radius 2 is 2.17 bits per heavy atom. The van der Waals surface area contributed by atoms with Crippen LogP contribution >= 0.6 is 0 Å². The summed E-state index contributed by atoms with van der Waals surface area (Å²) in [5, 5.41) is 9.38. The number of methoxy groups -OCH3 is 1. The molecule has 0 aliphatic carbocycles. The molecule has 0 aliphatic heterocycles. The lowest BCUT2D eigenvalue weighted by molar-refractivity contribution is -0.139. The van der Waals surface area contributed by atoms with Crippen LogP contribution in [0.15, 0.2) is 29.2 Å². The summed E-state index contributed by atoms with van der Waals surface area (Å²) < 4.78 is 30.1. The van der Waals surface area contributed by atoms with Gasteiger partial charge in [-0.2, -0.15) is 4.72 Å². The van der Waals surface area contributed by atoms with Gasteiger partial charge in [0.05, 0.1) is 18.1 Å². The van der Waals surface area contributed by atoms with Crippen molar-refractivity contribution in [3.63, 3.8) is 0 Å². The van der Waals surface area contributed by atoms with Crippen LogP contribution in [0.3, 0.4) is 0 Å². The van der Waals surface area contributed by atoms with Crippen molar-refractivity contribution in [3.05, 3.63) is 29.8 Å². The Kier molecular flexibility index (Phi) is 4.83.